The second kappa shape index (κ2) is 7.13. The fraction of sp³-hybridized carbons (Fsp3) is 0.600. The minimum Gasteiger partial charge on any atom is -0.399 e. The van der Waals surface area contributed by atoms with Gasteiger partial charge in [0.2, 0.25) is 10.0 Å². The zero-order valence-electron chi connectivity index (χ0n) is 12.6. The molecule has 0 saturated heterocycles. The molecule has 0 bridgehead atoms. The van der Waals surface area contributed by atoms with E-state index >= 15 is 0 Å². The van der Waals surface area contributed by atoms with Crippen LogP contribution in [0, 0.1) is 5.92 Å². The molecule has 5 nitrogen and oxygen atoms in total. The van der Waals surface area contributed by atoms with Gasteiger partial charge in [0.05, 0.1) is 5.69 Å². The van der Waals surface area contributed by atoms with Gasteiger partial charge < -0.3 is 11.1 Å². The molecule has 0 aromatic heterocycles. The Balaban J connectivity index is 1.96. The third-order valence-electron chi connectivity index (χ3n) is 4.14. The van der Waals surface area contributed by atoms with Gasteiger partial charge in [0.25, 0.3) is 0 Å². The Morgan fingerprint density at radius 2 is 2.00 bits per heavy atom. The van der Waals surface area contributed by atoms with Gasteiger partial charge in [-0.1, -0.05) is 25.7 Å². The summed E-state index contributed by atoms with van der Waals surface area (Å²) < 4.78 is 26.4. The second-order valence-corrected chi connectivity index (χ2v) is 7.54. The van der Waals surface area contributed by atoms with Gasteiger partial charge in [0.15, 0.2) is 0 Å². The standard InChI is InChI=1S/C15H25N3O2S/c1-17-21(19,20)15-11-13(16)8-9-14(15)18-10-4-7-12-5-2-3-6-12/h8-9,11-12,17-18H,2-7,10,16H2,1H3. The van der Waals surface area contributed by atoms with E-state index in [1.165, 1.54) is 45.2 Å². The number of hydrogen-bond donors (Lipinski definition) is 3. The number of sulfonamides is 1. The number of nitrogen functional groups attached to an aromatic ring is 1. The molecule has 0 spiro atoms. The van der Waals surface area contributed by atoms with E-state index in [-0.39, 0.29) is 4.90 Å². The van der Waals surface area contributed by atoms with Gasteiger partial charge in [-0.15, -0.1) is 0 Å². The lowest BCUT2D eigenvalue weighted by molar-refractivity contribution is 0.491. The average Bonchev–Trinajstić information content (AvgIpc) is 2.98. The molecule has 4 N–H and O–H groups in total. The summed E-state index contributed by atoms with van der Waals surface area (Å²) in [5, 5.41) is 3.23. The van der Waals surface area contributed by atoms with Crippen molar-refractivity contribution >= 4 is 21.4 Å². The lowest BCUT2D eigenvalue weighted by Crippen LogP contribution is -2.20. The molecule has 0 unspecified atom stereocenters. The van der Waals surface area contributed by atoms with Crippen LogP contribution < -0.4 is 15.8 Å². The monoisotopic (exact) mass is 311 g/mol. The predicted octanol–water partition coefficient (Wildman–Crippen LogP) is 2.56. The first-order valence-electron chi connectivity index (χ1n) is 7.60. The molecule has 0 amide bonds. The topological polar surface area (TPSA) is 84.2 Å². The molecule has 0 heterocycles. The molecule has 0 aliphatic heterocycles. The smallest absolute Gasteiger partial charge is 0.242 e. The molecule has 2 rings (SSSR count). The van der Waals surface area contributed by atoms with Gasteiger partial charge in [0.1, 0.15) is 4.90 Å². The van der Waals surface area contributed by atoms with E-state index in [1.54, 1.807) is 12.1 Å². The molecule has 0 radical (unpaired) electrons. The summed E-state index contributed by atoms with van der Waals surface area (Å²) in [6, 6.07) is 4.94. The lowest BCUT2D eigenvalue weighted by Gasteiger charge is -2.14. The Kier molecular flexibility index (Phi) is 5.47. The molecule has 1 aromatic carbocycles. The van der Waals surface area contributed by atoms with E-state index in [9.17, 15) is 8.42 Å². The summed E-state index contributed by atoms with van der Waals surface area (Å²) in [4.78, 5) is 0.214. The van der Waals surface area contributed by atoms with Crippen molar-refractivity contribution < 1.29 is 8.42 Å². The van der Waals surface area contributed by atoms with E-state index < -0.39 is 10.0 Å². The van der Waals surface area contributed by atoms with Crippen LogP contribution >= 0.6 is 0 Å². The summed E-state index contributed by atoms with van der Waals surface area (Å²) in [6.45, 7) is 0.784. The number of anilines is 2. The highest BCUT2D eigenvalue weighted by Crippen LogP contribution is 2.29. The van der Waals surface area contributed by atoms with E-state index in [0.717, 1.165) is 18.9 Å². The van der Waals surface area contributed by atoms with Gasteiger partial charge in [-0.3, -0.25) is 0 Å². The van der Waals surface area contributed by atoms with Crippen molar-refractivity contribution in [1.82, 2.24) is 4.72 Å². The van der Waals surface area contributed by atoms with Crippen molar-refractivity contribution in [3.63, 3.8) is 0 Å². The number of rotatable bonds is 7. The number of nitrogens with one attached hydrogen (secondary N) is 2. The Labute approximate surface area is 127 Å². The summed E-state index contributed by atoms with van der Waals surface area (Å²) >= 11 is 0. The van der Waals surface area contributed by atoms with Crippen molar-refractivity contribution in [3.05, 3.63) is 18.2 Å². The molecule has 21 heavy (non-hydrogen) atoms. The fourth-order valence-corrected chi connectivity index (χ4v) is 3.87. The van der Waals surface area contributed by atoms with E-state index in [0.29, 0.717) is 11.4 Å². The minimum absolute atomic E-state index is 0.214. The zero-order chi connectivity index (χ0) is 15.3. The van der Waals surface area contributed by atoms with Crippen LogP contribution in [0.3, 0.4) is 0 Å². The highest BCUT2D eigenvalue weighted by Gasteiger charge is 2.17. The summed E-state index contributed by atoms with van der Waals surface area (Å²) in [6.07, 6.45) is 7.70. The van der Waals surface area contributed by atoms with E-state index in [4.69, 9.17) is 5.73 Å². The number of hydrogen-bond acceptors (Lipinski definition) is 4. The van der Waals surface area contributed by atoms with E-state index in [2.05, 4.69) is 10.0 Å². The molecule has 0 atom stereocenters. The lowest BCUT2D eigenvalue weighted by atomic mass is 10.0. The molecule has 1 aliphatic carbocycles. The number of nitrogens with two attached hydrogens (primary N) is 1. The van der Waals surface area contributed by atoms with Gasteiger partial charge >= 0.3 is 0 Å². The zero-order valence-corrected chi connectivity index (χ0v) is 13.4. The highest BCUT2D eigenvalue weighted by atomic mass is 32.2. The fourth-order valence-electron chi connectivity index (χ4n) is 2.93. The molecule has 1 fully saturated rings. The average molecular weight is 311 g/mol. The van der Waals surface area contributed by atoms with Crippen LogP contribution in [0.2, 0.25) is 0 Å². The van der Waals surface area contributed by atoms with Crippen molar-refractivity contribution in [2.24, 2.45) is 5.92 Å². The third-order valence-corrected chi connectivity index (χ3v) is 5.60. The second-order valence-electron chi connectivity index (χ2n) is 5.68. The normalized spacial score (nSPS) is 16.2. The molecular weight excluding hydrogens is 286 g/mol. The van der Waals surface area contributed by atoms with Crippen LogP contribution in [0.1, 0.15) is 38.5 Å². The highest BCUT2D eigenvalue weighted by molar-refractivity contribution is 7.89. The van der Waals surface area contributed by atoms with E-state index in [1.807, 2.05) is 0 Å². The van der Waals surface area contributed by atoms with Gasteiger partial charge in [-0.25, -0.2) is 13.1 Å². The maximum atomic E-state index is 12.0. The third kappa shape index (κ3) is 4.35. The molecule has 1 aliphatic rings. The first-order chi connectivity index (χ1) is 10.0. The maximum absolute atomic E-state index is 12.0. The summed E-state index contributed by atoms with van der Waals surface area (Å²) in [7, 11) is -2.09. The van der Waals surface area contributed by atoms with Crippen molar-refractivity contribution in [1.29, 1.82) is 0 Å². The van der Waals surface area contributed by atoms with Crippen LogP contribution in [0.25, 0.3) is 0 Å². The Morgan fingerprint density at radius 1 is 1.29 bits per heavy atom. The first-order valence-corrected chi connectivity index (χ1v) is 9.08. The summed E-state index contributed by atoms with van der Waals surface area (Å²) in [5.74, 6) is 0.860. The number of benzene rings is 1. The van der Waals surface area contributed by atoms with Crippen molar-refractivity contribution in [2.75, 3.05) is 24.6 Å². The molecule has 6 heteroatoms. The van der Waals surface area contributed by atoms with Crippen LogP contribution in [-0.4, -0.2) is 22.0 Å². The maximum Gasteiger partial charge on any atom is 0.242 e. The predicted molar refractivity (Wildman–Crippen MR) is 86.8 cm³/mol. The van der Waals surface area contributed by atoms with Crippen LogP contribution in [-0.2, 0) is 10.0 Å². The Bertz CT molecular complexity index is 566. The van der Waals surface area contributed by atoms with Crippen molar-refractivity contribution in [2.45, 2.75) is 43.4 Å². The van der Waals surface area contributed by atoms with Crippen LogP contribution in [0.4, 0.5) is 11.4 Å². The van der Waals surface area contributed by atoms with Gasteiger partial charge in [-0.2, -0.15) is 0 Å². The quantitative estimate of drug-likeness (QED) is 0.534. The van der Waals surface area contributed by atoms with Gasteiger partial charge in [0, 0.05) is 12.2 Å². The Morgan fingerprint density at radius 3 is 2.67 bits per heavy atom. The molecule has 118 valence electrons. The minimum atomic E-state index is -3.50. The largest absolute Gasteiger partial charge is 0.399 e. The molecular formula is C15H25N3O2S. The van der Waals surface area contributed by atoms with Crippen LogP contribution in [0.15, 0.2) is 23.1 Å². The SMILES string of the molecule is CNS(=O)(=O)c1cc(N)ccc1NCCCC1CCCC1. The van der Waals surface area contributed by atoms with Crippen LogP contribution in [0.5, 0.6) is 0 Å². The molecule has 1 aromatic rings. The van der Waals surface area contributed by atoms with Crippen molar-refractivity contribution in [3.8, 4) is 0 Å². The molecule has 1 saturated carbocycles. The Hall–Kier alpha value is -1.27. The summed E-state index contributed by atoms with van der Waals surface area (Å²) in [5.41, 5.74) is 6.76. The first kappa shape index (κ1) is 16.1. The van der Waals surface area contributed by atoms with Gasteiger partial charge in [-0.05, 0) is 44.0 Å².